The number of aryl methyl sites for hydroxylation is 3. The van der Waals surface area contributed by atoms with Crippen molar-refractivity contribution in [1.29, 1.82) is 0 Å². The molecule has 2 aromatic rings. The van der Waals surface area contributed by atoms with Crippen LogP contribution in [0, 0.1) is 13.8 Å². The molecule has 0 aliphatic rings. The zero-order valence-electron chi connectivity index (χ0n) is 14.4. The molecule has 0 atom stereocenters. The molecular formula is C19H27N3O. The molecular weight excluding hydrogens is 286 g/mol. The Labute approximate surface area is 138 Å². The van der Waals surface area contributed by atoms with Crippen LogP contribution in [0.3, 0.4) is 0 Å². The summed E-state index contributed by atoms with van der Waals surface area (Å²) in [7, 11) is 0. The lowest BCUT2D eigenvalue weighted by atomic mass is 10.1. The fourth-order valence-electron chi connectivity index (χ4n) is 2.64. The molecule has 23 heavy (non-hydrogen) atoms. The lowest BCUT2D eigenvalue weighted by Gasteiger charge is -2.07. The summed E-state index contributed by atoms with van der Waals surface area (Å²) in [4.78, 5) is 11.8. The predicted octanol–water partition coefficient (Wildman–Crippen LogP) is 3.73. The summed E-state index contributed by atoms with van der Waals surface area (Å²) in [6.07, 6.45) is 4.74. The molecule has 0 fully saturated rings. The van der Waals surface area contributed by atoms with Crippen molar-refractivity contribution in [2.24, 2.45) is 0 Å². The topological polar surface area (TPSA) is 46.9 Å². The van der Waals surface area contributed by atoms with Gasteiger partial charge in [-0.05, 0) is 50.5 Å². The van der Waals surface area contributed by atoms with Crippen molar-refractivity contribution in [3.8, 4) is 5.69 Å². The van der Waals surface area contributed by atoms with Crippen LogP contribution in [-0.4, -0.2) is 22.2 Å². The van der Waals surface area contributed by atoms with Crippen LogP contribution in [-0.2, 0) is 11.2 Å². The van der Waals surface area contributed by atoms with Crippen molar-refractivity contribution >= 4 is 5.91 Å². The first kappa shape index (κ1) is 17.3. The van der Waals surface area contributed by atoms with Crippen molar-refractivity contribution < 1.29 is 4.79 Å². The second-order valence-electron chi connectivity index (χ2n) is 6.06. The lowest BCUT2D eigenvalue weighted by molar-refractivity contribution is -0.121. The van der Waals surface area contributed by atoms with Gasteiger partial charge in [-0.15, -0.1) is 0 Å². The number of carbonyl (C=O) groups excluding carboxylic acids is 1. The summed E-state index contributed by atoms with van der Waals surface area (Å²) >= 11 is 0. The van der Waals surface area contributed by atoms with Crippen molar-refractivity contribution in [1.82, 2.24) is 15.1 Å². The molecule has 4 heteroatoms. The normalized spacial score (nSPS) is 10.7. The second kappa shape index (κ2) is 8.51. The van der Waals surface area contributed by atoms with E-state index in [0.29, 0.717) is 6.42 Å². The van der Waals surface area contributed by atoms with Crippen molar-refractivity contribution in [3.05, 3.63) is 47.3 Å². The maximum atomic E-state index is 11.8. The Kier molecular flexibility index (Phi) is 6.39. The van der Waals surface area contributed by atoms with Crippen LogP contribution >= 0.6 is 0 Å². The summed E-state index contributed by atoms with van der Waals surface area (Å²) < 4.78 is 1.94. The van der Waals surface area contributed by atoms with Crippen molar-refractivity contribution in [2.45, 2.75) is 52.9 Å². The van der Waals surface area contributed by atoms with Gasteiger partial charge in [-0.25, -0.2) is 4.68 Å². The Bertz CT molecular complexity index is 629. The Balaban J connectivity index is 1.83. The van der Waals surface area contributed by atoms with Crippen LogP contribution < -0.4 is 5.32 Å². The van der Waals surface area contributed by atoms with Gasteiger partial charge in [-0.3, -0.25) is 4.79 Å². The van der Waals surface area contributed by atoms with Gasteiger partial charge < -0.3 is 5.32 Å². The van der Waals surface area contributed by atoms with Crippen LogP contribution in [0.25, 0.3) is 5.69 Å². The average Bonchev–Trinajstić information content (AvgIpc) is 2.88. The highest BCUT2D eigenvalue weighted by Crippen LogP contribution is 2.14. The third-order valence-corrected chi connectivity index (χ3v) is 3.93. The summed E-state index contributed by atoms with van der Waals surface area (Å²) in [5.41, 5.74) is 4.38. The average molecular weight is 313 g/mol. The molecule has 0 spiro atoms. The zero-order valence-corrected chi connectivity index (χ0v) is 14.4. The van der Waals surface area contributed by atoms with E-state index in [2.05, 4.69) is 54.6 Å². The van der Waals surface area contributed by atoms with E-state index in [1.807, 2.05) is 11.6 Å². The van der Waals surface area contributed by atoms with Gasteiger partial charge in [0.05, 0.1) is 11.4 Å². The largest absolute Gasteiger partial charge is 0.356 e. The summed E-state index contributed by atoms with van der Waals surface area (Å²) in [6, 6.07) is 10.4. The maximum Gasteiger partial charge on any atom is 0.220 e. The van der Waals surface area contributed by atoms with E-state index >= 15 is 0 Å². The van der Waals surface area contributed by atoms with Crippen LogP contribution in [0.1, 0.15) is 49.6 Å². The molecule has 4 nitrogen and oxygen atoms in total. The second-order valence-corrected chi connectivity index (χ2v) is 6.06. The highest BCUT2D eigenvalue weighted by atomic mass is 16.1. The van der Waals surface area contributed by atoms with E-state index in [9.17, 15) is 4.79 Å². The molecule has 1 aromatic heterocycles. The van der Waals surface area contributed by atoms with E-state index in [4.69, 9.17) is 0 Å². The first-order chi connectivity index (χ1) is 11.1. The number of unbranched alkanes of at least 4 members (excludes halogenated alkanes) is 2. The van der Waals surface area contributed by atoms with Crippen molar-refractivity contribution in [3.63, 3.8) is 0 Å². The Morgan fingerprint density at radius 1 is 1.17 bits per heavy atom. The van der Waals surface area contributed by atoms with Crippen LogP contribution in [0.15, 0.2) is 30.3 Å². The molecule has 0 saturated carbocycles. The van der Waals surface area contributed by atoms with Gasteiger partial charge in [0.25, 0.3) is 0 Å². The number of hydrogen-bond donors (Lipinski definition) is 1. The molecule has 0 unspecified atom stereocenters. The molecule has 2 rings (SSSR count). The number of benzene rings is 1. The monoisotopic (exact) mass is 313 g/mol. The molecule has 1 amide bonds. The highest BCUT2D eigenvalue weighted by molar-refractivity contribution is 5.76. The van der Waals surface area contributed by atoms with E-state index in [-0.39, 0.29) is 5.91 Å². The Morgan fingerprint density at radius 3 is 2.52 bits per heavy atom. The summed E-state index contributed by atoms with van der Waals surface area (Å²) in [5, 5.41) is 7.47. The zero-order chi connectivity index (χ0) is 16.7. The standard InChI is InChI=1S/C19H27N3O/c1-4-5-6-13-20-19(23)12-9-17-7-10-18(11-8-17)22-16(3)14-15(2)21-22/h7-8,10-11,14H,4-6,9,12-13H2,1-3H3,(H,20,23). The van der Waals surface area contributed by atoms with Gasteiger partial charge in [0.1, 0.15) is 0 Å². The number of aromatic nitrogens is 2. The fourth-order valence-corrected chi connectivity index (χ4v) is 2.64. The maximum absolute atomic E-state index is 11.8. The summed E-state index contributed by atoms with van der Waals surface area (Å²) in [6.45, 7) is 7.01. The Morgan fingerprint density at radius 2 is 1.91 bits per heavy atom. The number of hydrogen-bond acceptors (Lipinski definition) is 2. The predicted molar refractivity (Wildman–Crippen MR) is 93.9 cm³/mol. The highest BCUT2D eigenvalue weighted by Gasteiger charge is 2.05. The quantitative estimate of drug-likeness (QED) is 0.755. The first-order valence-electron chi connectivity index (χ1n) is 8.49. The van der Waals surface area contributed by atoms with Gasteiger partial charge >= 0.3 is 0 Å². The smallest absolute Gasteiger partial charge is 0.220 e. The Hall–Kier alpha value is -2.10. The molecule has 0 aliphatic heterocycles. The van der Waals surface area contributed by atoms with Crippen LogP contribution in [0.4, 0.5) is 0 Å². The fraction of sp³-hybridized carbons (Fsp3) is 0.474. The molecule has 1 heterocycles. The van der Waals surface area contributed by atoms with Crippen LogP contribution in [0.2, 0.25) is 0 Å². The van der Waals surface area contributed by atoms with E-state index in [0.717, 1.165) is 36.5 Å². The van der Waals surface area contributed by atoms with Gasteiger partial charge in [0.15, 0.2) is 0 Å². The number of carbonyl (C=O) groups is 1. The first-order valence-corrected chi connectivity index (χ1v) is 8.49. The van der Waals surface area contributed by atoms with Gasteiger partial charge in [-0.2, -0.15) is 5.10 Å². The minimum Gasteiger partial charge on any atom is -0.356 e. The third-order valence-electron chi connectivity index (χ3n) is 3.93. The molecule has 0 saturated heterocycles. The van der Waals surface area contributed by atoms with E-state index in [1.165, 1.54) is 18.4 Å². The minimum atomic E-state index is 0.142. The van der Waals surface area contributed by atoms with Gasteiger partial charge in [0, 0.05) is 18.7 Å². The van der Waals surface area contributed by atoms with E-state index < -0.39 is 0 Å². The minimum absolute atomic E-state index is 0.142. The molecule has 124 valence electrons. The van der Waals surface area contributed by atoms with Crippen molar-refractivity contribution in [2.75, 3.05) is 6.54 Å². The lowest BCUT2D eigenvalue weighted by Crippen LogP contribution is -2.24. The summed E-state index contributed by atoms with van der Waals surface area (Å²) in [5.74, 6) is 0.142. The number of nitrogens with one attached hydrogen (secondary N) is 1. The van der Waals surface area contributed by atoms with Gasteiger partial charge in [-0.1, -0.05) is 31.9 Å². The third kappa shape index (κ3) is 5.23. The van der Waals surface area contributed by atoms with Crippen LogP contribution in [0.5, 0.6) is 0 Å². The molecule has 1 N–H and O–H groups in total. The molecule has 0 aliphatic carbocycles. The number of amides is 1. The van der Waals surface area contributed by atoms with E-state index in [1.54, 1.807) is 0 Å². The SMILES string of the molecule is CCCCCNC(=O)CCc1ccc(-n2nc(C)cc2C)cc1. The molecule has 0 radical (unpaired) electrons. The van der Waals surface area contributed by atoms with Gasteiger partial charge in [0.2, 0.25) is 5.91 Å². The number of rotatable bonds is 8. The molecule has 0 bridgehead atoms. The molecule has 1 aromatic carbocycles. The number of nitrogens with zero attached hydrogens (tertiary/aromatic N) is 2.